The number of nitrogens with two attached hydrogens (primary N) is 1. The van der Waals surface area contributed by atoms with Gasteiger partial charge in [-0.25, -0.2) is 9.37 Å². The molecule has 0 amide bonds. The van der Waals surface area contributed by atoms with Crippen molar-refractivity contribution in [2.24, 2.45) is 0 Å². The Hall–Kier alpha value is -2.95. The van der Waals surface area contributed by atoms with E-state index in [1.807, 2.05) is 24.3 Å². The number of imidazole rings is 1. The van der Waals surface area contributed by atoms with E-state index in [-0.39, 0.29) is 5.82 Å². The summed E-state index contributed by atoms with van der Waals surface area (Å²) in [7, 11) is 0. The highest BCUT2D eigenvalue weighted by atomic mass is 19.1. The first-order valence-electron chi connectivity index (χ1n) is 6.50. The second-order valence-electron chi connectivity index (χ2n) is 4.83. The zero-order chi connectivity index (χ0) is 14.4. The van der Waals surface area contributed by atoms with Crippen LogP contribution in [0.25, 0.3) is 27.7 Å². The van der Waals surface area contributed by atoms with Crippen LogP contribution < -0.4 is 5.73 Å². The van der Waals surface area contributed by atoms with Gasteiger partial charge in [-0.1, -0.05) is 24.3 Å². The molecular weight excluding hydrogens is 267 g/mol. The van der Waals surface area contributed by atoms with Crippen LogP contribution in [0.3, 0.4) is 0 Å². The molecule has 2 N–H and O–H groups in total. The van der Waals surface area contributed by atoms with Gasteiger partial charge in [0, 0.05) is 29.5 Å². The second kappa shape index (κ2) is 4.28. The maximum atomic E-state index is 13.4. The van der Waals surface area contributed by atoms with Crippen molar-refractivity contribution in [2.75, 3.05) is 5.73 Å². The summed E-state index contributed by atoms with van der Waals surface area (Å²) in [5.41, 5.74) is 8.20. The number of halogens is 1. The summed E-state index contributed by atoms with van der Waals surface area (Å²) in [5, 5.41) is 2.03. The maximum absolute atomic E-state index is 13.4. The molecule has 4 aromatic rings. The van der Waals surface area contributed by atoms with Gasteiger partial charge in [-0.2, -0.15) is 0 Å². The van der Waals surface area contributed by atoms with E-state index in [1.54, 1.807) is 22.9 Å². The Morgan fingerprint density at radius 1 is 1.05 bits per heavy atom. The Balaban J connectivity index is 2.07. The molecule has 5 heteroatoms. The fourth-order valence-corrected chi connectivity index (χ4v) is 2.54. The number of nitrogen functional groups attached to an aromatic ring is 1. The third kappa shape index (κ3) is 1.74. The molecule has 4 rings (SSSR count). The Kier molecular flexibility index (Phi) is 2.41. The first-order chi connectivity index (χ1) is 10.2. The number of rotatable bonds is 1. The monoisotopic (exact) mass is 278 g/mol. The van der Waals surface area contributed by atoms with Gasteiger partial charge in [0.25, 0.3) is 0 Å². The molecule has 21 heavy (non-hydrogen) atoms. The Morgan fingerprint density at radius 2 is 1.90 bits per heavy atom. The fourth-order valence-electron chi connectivity index (χ4n) is 2.54. The molecule has 0 fully saturated rings. The predicted molar refractivity (Wildman–Crippen MR) is 80.3 cm³/mol. The van der Waals surface area contributed by atoms with Crippen molar-refractivity contribution in [2.45, 2.75) is 0 Å². The summed E-state index contributed by atoms with van der Waals surface area (Å²) >= 11 is 0. The van der Waals surface area contributed by atoms with E-state index in [4.69, 9.17) is 5.73 Å². The molecule has 3 heterocycles. The molecule has 0 saturated heterocycles. The smallest absolute Gasteiger partial charge is 0.140 e. The van der Waals surface area contributed by atoms with Crippen LogP contribution in [-0.4, -0.2) is 14.4 Å². The van der Waals surface area contributed by atoms with Crippen LogP contribution >= 0.6 is 0 Å². The van der Waals surface area contributed by atoms with Crippen LogP contribution in [0.4, 0.5) is 10.2 Å². The standard InChI is InChI=1S/C16H11FN4/c17-11-5-6-14-20-15(16(18)21(14)9-11)13-8-19-7-10-3-1-2-4-12(10)13/h1-9H,18H2. The third-order valence-electron chi connectivity index (χ3n) is 3.54. The molecule has 3 aromatic heterocycles. The van der Waals surface area contributed by atoms with E-state index in [9.17, 15) is 4.39 Å². The average molecular weight is 278 g/mol. The van der Waals surface area contributed by atoms with E-state index in [2.05, 4.69) is 9.97 Å². The first kappa shape index (κ1) is 11.8. The van der Waals surface area contributed by atoms with Crippen molar-refractivity contribution in [3.63, 3.8) is 0 Å². The summed E-state index contributed by atoms with van der Waals surface area (Å²) in [6, 6.07) is 10.9. The molecule has 0 atom stereocenters. The van der Waals surface area contributed by atoms with Crippen molar-refractivity contribution in [3.8, 4) is 11.3 Å². The number of aromatic nitrogens is 3. The molecule has 0 aliphatic carbocycles. The van der Waals surface area contributed by atoms with Crippen LogP contribution in [0.1, 0.15) is 0 Å². The number of anilines is 1. The van der Waals surface area contributed by atoms with Gasteiger partial charge in [-0.05, 0) is 17.5 Å². The summed E-state index contributed by atoms with van der Waals surface area (Å²) in [6.45, 7) is 0. The van der Waals surface area contributed by atoms with Gasteiger partial charge in [0.2, 0.25) is 0 Å². The van der Waals surface area contributed by atoms with E-state index in [1.165, 1.54) is 12.3 Å². The quantitative estimate of drug-likeness (QED) is 0.581. The van der Waals surface area contributed by atoms with E-state index < -0.39 is 0 Å². The molecule has 0 saturated carbocycles. The van der Waals surface area contributed by atoms with Crippen molar-refractivity contribution in [1.82, 2.24) is 14.4 Å². The van der Waals surface area contributed by atoms with Gasteiger partial charge in [0.15, 0.2) is 0 Å². The molecule has 0 spiro atoms. The lowest BCUT2D eigenvalue weighted by Gasteiger charge is -2.04. The number of hydrogen-bond donors (Lipinski definition) is 1. The van der Waals surface area contributed by atoms with Gasteiger partial charge in [-0.3, -0.25) is 9.38 Å². The molecule has 0 unspecified atom stereocenters. The van der Waals surface area contributed by atoms with Crippen LogP contribution in [0.15, 0.2) is 55.0 Å². The van der Waals surface area contributed by atoms with Crippen LogP contribution in [-0.2, 0) is 0 Å². The van der Waals surface area contributed by atoms with Gasteiger partial charge in [0.1, 0.15) is 23.0 Å². The predicted octanol–water partition coefficient (Wildman–Crippen LogP) is 3.27. The summed E-state index contributed by atoms with van der Waals surface area (Å²) in [6.07, 6.45) is 4.86. The Morgan fingerprint density at radius 3 is 2.81 bits per heavy atom. The lowest BCUT2D eigenvalue weighted by atomic mass is 10.1. The SMILES string of the molecule is Nc1c(-c2cncc3ccccc23)nc2ccc(F)cn12. The van der Waals surface area contributed by atoms with Gasteiger partial charge < -0.3 is 5.73 Å². The molecule has 1 aromatic carbocycles. The van der Waals surface area contributed by atoms with Crippen molar-refractivity contribution in [1.29, 1.82) is 0 Å². The van der Waals surface area contributed by atoms with Gasteiger partial charge >= 0.3 is 0 Å². The molecule has 0 aliphatic heterocycles. The first-order valence-corrected chi connectivity index (χ1v) is 6.50. The second-order valence-corrected chi connectivity index (χ2v) is 4.83. The molecule has 0 radical (unpaired) electrons. The molecule has 0 aliphatic rings. The number of hydrogen-bond acceptors (Lipinski definition) is 3. The summed E-state index contributed by atoms with van der Waals surface area (Å²) in [5.74, 6) is 0.0526. The third-order valence-corrected chi connectivity index (χ3v) is 3.54. The fraction of sp³-hybridized carbons (Fsp3) is 0. The summed E-state index contributed by atoms with van der Waals surface area (Å²) < 4.78 is 14.9. The van der Waals surface area contributed by atoms with Crippen LogP contribution in [0, 0.1) is 5.82 Å². The number of benzene rings is 1. The van der Waals surface area contributed by atoms with E-state index >= 15 is 0 Å². The lowest BCUT2D eigenvalue weighted by molar-refractivity contribution is 0.619. The minimum atomic E-state index is -0.353. The average Bonchev–Trinajstić information content (AvgIpc) is 2.83. The van der Waals surface area contributed by atoms with Crippen molar-refractivity contribution >= 4 is 22.2 Å². The zero-order valence-corrected chi connectivity index (χ0v) is 11.0. The highest BCUT2D eigenvalue weighted by molar-refractivity contribution is 5.97. The van der Waals surface area contributed by atoms with Gasteiger partial charge in [0.05, 0.1) is 0 Å². The normalized spacial score (nSPS) is 11.3. The van der Waals surface area contributed by atoms with E-state index in [0.29, 0.717) is 17.2 Å². The Bertz CT molecular complexity index is 969. The highest BCUT2D eigenvalue weighted by Gasteiger charge is 2.14. The summed E-state index contributed by atoms with van der Waals surface area (Å²) in [4.78, 5) is 8.74. The topological polar surface area (TPSA) is 56.2 Å². The maximum Gasteiger partial charge on any atom is 0.140 e. The van der Waals surface area contributed by atoms with Crippen LogP contribution in [0.5, 0.6) is 0 Å². The largest absolute Gasteiger partial charge is 0.383 e. The Labute approximate surface area is 119 Å². The van der Waals surface area contributed by atoms with Crippen molar-refractivity contribution < 1.29 is 4.39 Å². The van der Waals surface area contributed by atoms with Crippen molar-refractivity contribution in [3.05, 3.63) is 60.8 Å². The van der Waals surface area contributed by atoms with Gasteiger partial charge in [-0.15, -0.1) is 0 Å². The highest BCUT2D eigenvalue weighted by Crippen LogP contribution is 2.31. The number of nitrogens with zero attached hydrogens (tertiary/aromatic N) is 3. The van der Waals surface area contributed by atoms with Crippen LogP contribution in [0.2, 0.25) is 0 Å². The molecule has 0 bridgehead atoms. The molecule has 102 valence electrons. The minimum Gasteiger partial charge on any atom is -0.383 e. The molecule has 4 nitrogen and oxygen atoms in total. The molecular formula is C16H11FN4. The lowest BCUT2D eigenvalue weighted by Crippen LogP contribution is -1.95. The number of fused-ring (bicyclic) bond motifs is 2. The zero-order valence-electron chi connectivity index (χ0n) is 11.0. The van der Waals surface area contributed by atoms with E-state index in [0.717, 1.165) is 16.3 Å². The number of pyridine rings is 2. The minimum absolute atomic E-state index is 0.353.